The molecule has 2 aromatic carbocycles. The van der Waals surface area contributed by atoms with Crippen LogP contribution in [0.25, 0.3) is 5.76 Å². The average molecular weight is 258 g/mol. The van der Waals surface area contributed by atoms with Crippen molar-refractivity contribution in [1.82, 2.24) is 0 Å². The number of rotatable bonds is 4. The molecule has 0 aromatic heterocycles. The minimum Gasteiger partial charge on any atom is -0.476 e. The number of carbonyl (C=O) groups is 1. The number of aliphatic carboxylic acids is 1. The van der Waals surface area contributed by atoms with Gasteiger partial charge >= 0.3 is 5.97 Å². The third kappa shape index (κ3) is 3.19. The molecule has 0 saturated carbocycles. The van der Waals surface area contributed by atoms with Crippen molar-refractivity contribution in [2.75, 3.05) is 0 Å². The van der Waals surface area contributed by atoms with E-state index in [4.69, 9.17) is 9.84 Å². The second-order valence-corrected chi connectivity index (χ2v) is 3.73. The number of hydrogen-bond donors (Lipinski definition) is 1. The van der Waals surface area contributed by atoms with Gasteiger partial charge in [-0.3, -0.25) is 0 Å². The first-order valence-corrected chi connectivity index (χ1v) is 5.60. The standard InChI is InChI=1S/C15H11FO3/c16-13(15(17)18)14(11-7-3-1-4-8-11)19-12-9-5-2-6-10-12/h1-10H,(H,17,18)/b14-13-. The number of ether oxygens (including phenoxy) is 1. The van der Waals surface area contributed by atoms with Gasteiger partial charge in [0.2, 0.25) is 0 Å². The molecule has 0 unspecified atom stereocenters. The molecule has 0 heterocycles. The lowest BCUT2D eigenvalue weighted by molar-refractivity contribution is -0.134. The fourth-order valence-corrected chi connectivity index (χ4v) is 1.52. The zero-order chi connectivity index (χ0) is 13.7. The third-order valence-corrected chi connectivity index (χ3v) is 2.39. The van der Waals surface area contributed by atoms with Gasteiger partial charge in [0.05, 0.1) is 0 Å². The van der Waals surface area contributed by atoms with Crippen molar-refractivity contribution < 1.29 is 19.0 Å². The van der Waals surface area contributed by atoms with E-state index in [1.807, 2.05) is 0 Å². The molecule has 2 aromatic rings. The van der Waals surface area contributed by atoms with Crippen LogP contribution >= 0.6 is 0 Å². The van der Waals surface area contributed by atoms with E-state index in [-0.39, 0.29) is 5.76 Å². The van der Waals surface area contributed by atoms with Crippen LogP contribution in [0.2, 0.25) is 0 Å². The average Bonchev–Trinajstić information content (AvgIpc) is 2.46. The Morgan fingerprint density at radius 1 is 0.947 bits per heavy atom. The Labute approximate surface area is 109 Å². The second kappa shape index (κ2) is 5.82. The van der Waals surface area contributed by atoms with Crippen molar-refractivity contribution in [3.8, 4) is 5.75 Å². The molecule has 2 rings (SSSR count). The zero-order valence-corrected chi connectivity index (χ0v) is 9.92. The molecule has 0 aliphatic carbocycles. The molecule has 0 atom stereocenters. The summed E-state index contributed by atoms with van der Waals surface area (Å²) < 4.78 is 19.1. The molecule has 0 saturated heterocycles. The van der Waals surface area contributed by atoms with Crippen LogP contribution in [0.1, 0.15) is 5.56 Å². The molecule has 96 valence electrons. The maximum atomic E-state index is 13.7. The van der Waals surface area contributed by atoms with Gasteiger partial charge in [-0.25, -0.2) is 4.79 Å². The Hall–Kier alpha value is -2.62. The molecule has 0 fully saturated rings. The summed E-state index contributed by atoms with van der Waals surface area (Å²) in [6.45, 7) is 0. The van der Waals surface area contributed by atoms with Crippen molar-refractivity contribution in [2.24, 2.45) is 0 Å². The summed E-state index contributed by atoms with van der Waals surface area (Å²) in [5.74, 6) is -2.91. The molecule has 0 bridgehead atoms. The van der Waals surface area contributed by atoms with Gasteiger partial charge in [0.15, 0.2) is 5.76 Å². The van der Waals surface area contributed by atoms with Gasteiger partial charge < -0.3 is 9.84 Å². The maximum Gasteiger partial charge on any atom is 0.368 e. The van der Waals surface area contributed by atoms with Gasteiger partial charge in [-0.15, -0.1) is 0 Å². The zero-order valence-electron chi connectivity index (χ0n) is 9.92. The van der Waals surface area contributed by atoms with E-state index in [1.54, 1.807) is 60.7 Å². The van der Waals surface area contributed by atoms with Crippen LogP contribution in [-0.4, -0.2) is 11.1 Å². The summed E-state index contributed by atoms with van der Waals surface area (Å²) in [4.78, 5) is 10.8. The van der Waals surface area contributed by atoms with E-state index in [1.165, 1.54) is 0 Å². The topological polar surface area (TPSA) is 46.5 Å². The molecule has 1 N–H and O–H groups in total. The van der Waals surface area contributed by atoms with Crippen LogP contribution in [0.15, 0.2) is 66.5 Å². The van der Waals surface area contributed by atoms with E-state index < -0.39 is 11.8 Å². The first kappa shape index (κ1) is 12.8. The highest BCUT2D eigenvalue weighted by atomic mass is 19.1. The van der Waals surface area contributed by atoms with Gasteiger partial charge in [-0.2, -0.15) is 4.39 Å². The van der Waals surface area contributed by atoms with Gasteiger partial charge in [0.25, 0.3) is 5.83 Å². The Balaban J connectivity index is 2.42. The number of hydrogen-bond acceptors (Lipinski definition) is 2. The first-order valence-electron chi connectivity index (χ1n) is 5.60. The molecule has 3 nitrogen and oxygen atoms in total. The van der Waals surface area contributed by atoms with E-state index in [0.29, 0.717) is 11.3 Å². The van der Waals surface area contributed by atoms with Gasteiger partial charge in [0, 0.05) is 5.56 Å². The number of para-hydroxylation sites is 1. The summed E-state index contributed by atoms with van der Waals surface area (Å²) in [6.07, 6.45) is 0. The predicted octanol–water partition coefficient (Wildman–Crippen LogP) is 3.49. The monoisotopic (exact) mass is 258 g/mol. The summed E-state index contributed by atoms with van der Waals surface area (Å²) in [5, 5.41) is 8.78. The maximum absolute atomic E-state index is 13.7. The smallest absolute Gasteiger partial charge is 0.368 e. The fourth-order valence-electron chi connectivity index (χ4n) is 1.52. The lowest BCUT2D eigenvalue weighted by atomic mass is 10.1. The molecule has 0 aliphatic heterocycles. The van der Waals surface area contributed by atoms with Crippen molar-refractivity contribution in [3.63, 3.8) is 0 Å². The predicted molar refractivity (Wildman–Crippen MR) is 69.2 cm³/mol. The lowest BCUT2D eigenvalue weighted by Crippen LogP contribution is -2.04. The van der Waals surface area contributed by atoms with Crippen molar-refractivity contribution in [3.05, 3.63) is 72.1 Å². The SMILES string of the molecule is O=C(O)/C(F)=C(/Oc1ccccc1)c1ccccc1. The van der Waals surface area contributed by atoms with Crippen molar-refractivity contribution >= 4 is 11.7 Å². The molecule has 0 spiro atoms. The highest BCUT2D eigenvalue weighted by molar-refractivity contribution is 5.92. The van der Waals surface area contributed by atoms with Gasteiger partial charge in [-0.1, -0.05) is 48.5 Å². The molecule has 0 radical (unpaired) electrons. The van der Waals surface area contributed by atoms with Crippen LogP contribution < -0.4 is 4.74 Å². The Kier molecular flexibility index (Phi) is 3.93. The number of carboxylic acid groups (broad SMARTS) is 1. The minimum absolute atomic E-state index is 0.306. The number of halogens is 1. The second-order valence-electron chi connectivity index (χ2n) is 3.73. The van der Waals surface area contributed by atoms with Crippen LogP contribution in [-0.2, 0) is 4.79 Å². The van der Waals surface area contributed by atoms with E-state index >= 15 is 0 Å². The van der Waals surface area contributed by atoms with E-state index in [9.17, 15) is 9.18 Å². The Bertz CT molecular complexity index is 591. The lowest BCUT2D eigenvalue weighted by Gasteiger charge is -2.10. The summed E-state index contributed by atoms with van der Waals surface area (Å²) in [7, 11) is 0. The quantitative estimate of drug-likeness (QED) is 0.674. The summed E-state index contributed by atoms with van der Waals surface area (Å²) in [5.41, 5.74) is 0.367. The van der Waals surface area contributed by atoms with E-state index in [2.05, 4.69) is 0 Å². The summed E-state index contributed by atoms with van der Waals surface area (Å²) >= 11 is 0. The third-order valence-electron chi connectivity index (χ3n) is 2.39. The fraction of sp³-hybridized carbons (Fsp3) is 0. The van der Waals surface area contributed by atoms with Crippen molar-refractivity contribution in [2.45, 2.75) is 0 Å². The van der Waals surface area contributed by atoms with E-state index in [0.717, 1.165) is 0 Å². The highest BCUT2D eigenvalue weighted by Crippen LogP contribution is 2.24. The Morgan fingerprint density at radius 3 is 2.00 bits per heavy atom. The van der Waals surface area contributed by atoms with Crippen LogP contribution in [0.4, 0.5) is 4.39 Å². The van der Waals surface area contributed by atoms with Crippen LogP contribution in [0, 0.1) is 0 Å². The molecule has 0 aliphatic rings. The van der Waals surface area contributed by atoms with Gasteiger partial charge in [0.1, 0.15) is 5.75 Å². The molecular formula is C15H11FO3. The highest BCUT2D eigenvalue weighted by Gasteiger charge is 2.18. The van der Waals surface area contributed by atoms with Crippen LogP contribution in [0.5, 0.6) is 5.75 Å². The van der Waals surface area contributed by atoms with Crippen LogP contribution in [0.3, 0.4) is 0 Å². The minimum atomic E-state index is -1.66. The molecule has 0 amide bonds. The summed E-state index contributed by atoms with van der Waals surface area (Å²) in [6, 6.07) is 16.7. The molecule has 19 heavy (non-hydrogen) atoms. The normalized spacial score (nSPS) is 11.6. The molecular weight excluding hydrogens is 247 g/mol. The van der Waals surface area contributed by atoms with Crippen molar-refractivity contribution in [1.29, 1.82) is 0 Å². The van der Waals surface area contributed by atoms with Gasteiger partial charge in [-0.05, 0) is 12.1 Å². The Morgan fingerprint density at radius 2 is 1.47 bits per heavy atom. The largest absolute Gasteiger partial charge is 0.476 e. The first-order chi connectivity index (χ1) is 9.18. The molecule has 4 heteroatoms. The number of benzene rings is 2. The number of carboxylic acids is 1.